The normalized spacial score (nSPS) is 19.0. The van der Waals surface area contributed by atoms with Gasteiger partial charge >= 0.3 is 0 Å². The predicted octanol–water partition coefficient (Wildman–Crippen LogP) is 1.83. The van der Waals surface area contributed by atoms with Gasteiger partial charge < -0.3 is 14.8 Å². The Morgan fingerprint density at radius 3 is 2.90 bits per heavy atom. The van der Waals surface area contributed by atoms with E-state index in [9.17, 15) is 14.4 Å². The maximum Gasteiger partial charge on any atom is 0.255 e. The summed E-state index contributed by atoms with van der Waals surface area (Å²) in [6.07, 6.45) is 6.81. The van der Waals surface area contributed by atoms with Crippen LogP contribution in [0, 0.1) is 0 Å². The first kappa shape index (κ1) is 19.3. The van der Waals surface area contributed by atoms with Crippen molar-refractivity contribution < 1.29 is 9.59 Å². The molecule has 2 aromatic heterocycles. The Kier molecular flexibility index (Phi) is 5.42. The average Bonchev–Trinajstić information content (AvgIpc) is 2.78. The van der Waals surface area contributed by atoms with Gasteiger partial charge in [0.2, 0.25) is 5.91 Å². The first-order valence-corrected chi connectivity index (χ1v) is 10.2. The van der Waals surface area contributed by atoms with Crippen LogP contribution in [0.25, 0.3) is 0 Å². The van der Waals surface area contributed by atoms with Gasteiger partial charge in [-0.25, -0.2) is 4.98 Å². The van der Waals surface area contributed by atoms with Crippen LogP contribution in [-0.2, 0) is 17.8 Å². The van der Waals surface area contributed by atoms with Gasteiger partial charge in [0.25, 0.3) is 11.5 Å². The fourth-order valence-corrected chi connectivity index (χ4v) is 4.18. The highest BCUT2D eigenvalue weighted by Gasteiger charge is 2.31. The summed E-state index contributed by atoms with van der Waals surface area (Å²) < 4.78 is 0. The second-order valence-corrected chi connectivity index (χ2v) is 7.55. The highest BCUT2D eigenvalue weighted by molar-refractivity contribution is 5.94. The summed E-state index contributed by atoms with van der Waals surface area (Å²) in [5, 5.41) is 0. The van der Waals surface area contributed by atoms with E-state index in [2.05, 4.69) is 9.97 Å². The van der Waals surface area contributed by atoms with E-state index in [0.717, 1.165) is 19.3 Å². The average molecular weight is 395 g/mol. The summed E-state index contributed by atoms with van der Waals surface area (Å²) in [4.78, 5) is 53.0. The number of pyridine rings is 1. The van der Waals surface area contributed by atoms with Crippen LogP contribution in [-0.4, -0.2) is 49.7 Å². The second-order valence-electron chi connectivity index (χ2n) is 7.55. The molecule has 2 aromatic rings. The number of nitrogens with one attached hydrogen (secondary N) is 1. The van der Waals surface area contributed by atoms with Crippen molar-refractivity contribution >= 4 is 11.8 Å². The van der Waals surface area contributed by atoms with Crippen molar-refractivity contribution in [3.05, 3.63) is 57.5 Å². The van der Waals surface area contributed by atoms with E-state index in [1.54, 1.807) is 29.4 Å². The summed E-state index contributed by atoms with van der Waals surface area (Å²) >= 11 is 0. The topological polar surface area (TPSA) is 99.3 Å². The Morgan fingerprint density at radius 2 is 2.14 bits per heavy atom. The molecule has 2 amide bonds. The molecule has 4 rings (SSSR count). The van der Waals surface area contributed by atoms with Crippen LogP contribution in [0.2, 0.25) is 0 Å². The van der Waals surface area contributed by atoms with Gasteiger partial charge in [-0.15, -0.1) is 0 Å². The molecule has 1 atom stereocenters. The molecule has 8 heteroatoms. The minimum Gasteiger partial charge on any atom is -0.333 e. The van der Waals surface area contributed by atoms with Crippen molar-refractivity contribution in [1.29, 1.82) is 0 Å². The SMILES string of the molecule is CCC(=O)N1CCCCC1c1nc2c(c(=O)[nH]1)CCN(C(=O)c1cccnc1)C2. The molecule has 0 radical (unpaired) electrons. The first-order chi connectivity index (χ1) is 14.1. The van der Waals surface area contributed by atoms with E-state index in [0.29, 0.717) is 48.6 Å². The van der Waals surface area contributed by atoms with Crippen LogP contribution in [0.5, 0.6) is 0 Å². The lowest BCUT2D eigenvalue weighted by Gasteiger charge is -2.35. The number of carbonyl (C=O) groups is 2. The van der Waals surface area contributed by atoms with Crippen LogP contribution in [0.3, 0.4) is 0 Å². The molecule has 8 nitrogen and oxygen atoms in total. The Labute approximate surface area is 169 Å². The molecule has 0 aromatic carbocycles. The molecule has 152 valence electrons. The lowest BCUT2D eigenvalue weighted by atomic mass is 9.99. The zero-order valence-electron chi connectivity index (χ0n) is 16.6. The molecule has 2 aliphatic rings. The summed E-state index contributed by atoms with van der Waals surface area (Å²) in [6, 6.07) is 3.26. The van der Waals surface area contributed by atoms with Gasteiger partial charge in [-0.05, 0) is 37.8 Å². The van der Waals surface area contributed by atoms with E-state index in [1.165, 1.54) is 0 Å². The summed E-state index contributed by atoms with van der Waals surface area (Å²) in [7, 11) is 0. The second kappa shape index (κ2) is 8.14. The molecule has 29 heavy (non-hydrogen) atoms. The van der Waals surface area contributed by atoms with Crippen LogP contribution < -0.4 is 5.56 Å². The first-order valence-electron chi connectivity index (χ1n) is 10.2. The standard InChI is InChI=1S/C21H25N5O3/c1-2-18(27)26-10-4-3-7-17(26)19-23-16-13-25(11-8-15(16)20(28)24-19)21(29)14-6-5-9-22-12-14/h5-6,9,12,17H,2-4,7-8,10-11,13H2,1H3,(H,23,24,28). The number of nitrogens with zero attached hydrogens (tertiary/aromatic N) is 4. The third kappa shape index (κ3) is 3.79. The smallest absolute Gasteiger partial charge is 0.255 e. The Hall–Kier alpha value is -3.03. The van der Waals surface area contributed by atoms with E-state index >= 15 is 0 Å². The Bertz CT molecular complexity index is 972. The van der Waals surface area contributed by atoms with Crippen molar-refractivity contribution in [3.8, 4) is 0 Å². The molecule has 0 bridgehead atoms. The maximum atomic E-state index is 12.8. The number of piperidine rings is 1. The van der Waals surface area contributed by atoms with Crippen molar-refractivity contribution in [1.82, 2.24) is 24.8 Å². The quantitative estimate of drug-likeness (QED) is 0.855. The minimum absolute atomic E-state index is 0.0726. The number of rotatable bonds is 3. The summed E-state index contributed by atoms with van der Waals surface area (Å²) in [6.45, 7) is 3.28. The van der Waals surface area contributed by atoms with Crippen molar-refractivity contribution in [2.24, 2.45) is 0 Å². The third-order valence-corrected chi connectivity index (χ3v) is 5.73. The Balaban J connectivity index is 1.63. The van der Waals surface area contributed by atoms with Crippen LogP contribution in [0.1, 0.15) is 66.1 Å². The maximum absolute atomic E-state index is 12.8. The van der Waals surface area contributed by atoms with Gasteiger partial charge in [0.1, 0.15) is 5.82 Å². The number of hydrogen-bond acceptors (Lipinski definition) is 5. The number of aromatic amines is 1. The monoisotopic (exact) mass is 395 g/mol. The number of carbonyl (C=O) groups excluding carboxylic acids is 2. The molecule has 0 saturated carbocycles. The van der Waals surface area contributed by atoms with Crippen molar-refractivity contribution in [2.45, 2.75) is 51.6 Å². The van der Waals surface area contributed by atoms with Gasteiger partial charge in [-0.1, -0.05) is 6.92 Å². The number of H-pyrrole nitrogens is 1. The molecule has 0 spiro atoms. The minimum atomic E-state index is -0.210. The lowest BCUT2D eigenvalue weighted by Crippen LogP contribution is -2.42. The molecule has 1 fully saturated rings. The van der Waals surface area contributed by atoms with Crippen LogP contribution in [0.15, 0.2) is 29.3 Å². The van der Waals surface area contributed by atoms with Crippen LogP contribution >= 0.6 is 0 Å². The van der Waals surface area contributed by atoms with E-state index < -0.39 is 0 Å². The van der Waals surface area contributed by atoms with Gasteiger partial charge in [0, 0.05) is 37.5 Å². The van der Waals surface area contributed by atoms with E-state index in [1.807, 2.05) is 11.8 Å². The summed E-state index contributed by atoms with van der Waals surface area (Å²) in [5.74, 6) is 0.488. The van der Waals surface area contributed by atoms with Gasteiger partial charge in [-0.2, -0.15) is 0 Å². The largest absolute Gasteiger partial charge is 0.333 e. The Morgan fingerprint density at radius 1 is 1.28 bits per heavy atom. The third-order valence-electron chi connectivity index (χ3n) is 5.73. The lowest BCUT2D eigenvalue weighted by molar-refractivity contribution is -0.134. The predicted molar refractivity (Wildman–Crippen MR) is 106 cm³/mol. The fraction of sp³-hybridized carbons (Fsp3) is 0.476. The number of hydrogen-bond donors (Lipinski definition) is 1. The highest BCUT2D eigenvalue weighted by Crippen LogP contribution is 2.30. The van der Waals surface area contributed by atoms with Crippen LogP contribution in [0.4, 0.5) is 0 Å². The van der Waals surface area contributed by atoms with Gasteiger partial charge in [0.05, 0.1) is 23.8 Å². The number of amides is 2. The van der Waals surface area contributed by atoms with Gasteiger partial charge in [-0.3, -0.25) is 19.4 Å². The molecule has 0 aliphatic carbocycles. The van der Waals surface area contributed by atoms with E-state index in [4.69, 9.17) is 4.98 Å². The zero-order valence-corrected chi connectivity index (χ0v) is 16.6. The number of likely N-dealkylation sites (tertiary alicyclic amines) is 1. The molecular weight excluding hydrogens is 370 g/mol. The molecular formula is C21H25N5O3. The molecule has 1 N–H and O–H groups in total. The molecule has 2 aliphatic heterocycles. The molecule has 1 unspecified atom stereocenters. The van der Waals surface area contributed by atoms with E-state index in [-0.39, 0.29) is 30.0 Å². The molecule has 1 saturated heterocycles. The fourth-order valence-electron chi connectivity index (χ4n) is 4.18. The van der Waals surface area contributed by atoms with Crippen molar-refractivity contribution in [3.63, 3.8) is 0 Å². The number of fused-ring (bicyclic) bond motifs is 1. The van der Waals surface area contributed by atoms with Gasteiger partial charge in [0.15, 0.2) is 0 Å². The summed E-state index contributed by atoms with van der Waals surface area (Å²) in [5.41, 5.74) is 1.62. The molecule has 4 heterocycles. The highest BCUT2D eigenvalue weighted by atomic mass is 16.2. The van der Waals surface area contributed by atoms with Crippen molar-refractivity contribution in [2.75, 3.05) is 13.1 Å². The number of aromatic nitrogens is 3. The zero-order chi connectivity index (χ0) is 20.4.